The average Bonchev–Trinajstić information content (AvgIpc) is 2.30. The van der Waals surface area contributed by atoms with E-state index in [2.05, 4.69) is 34.6 Å². The molecule has 1 rings (SSSR count). The van der Waals surface area contributed by atoms with Crippen molar-refractivity contribution in [2.24, 2.45) is 23.7 Å². The van der Waals surface area contributed by atoms with Crippen molar-refractivity contribution in [2.45, 2.75) is 40.7 Å². The van der Waals surface area contributed by atoms with E-state index in [0.29, 0.717) is 6.10 Å². The molecule has 0 aromatic carbocycles. The smallest absolute Gasteiger partial charge is 0.0581 e. The Hall–Kier alpha value is -0.0400. The van der Waals surface area contributed by atoms with Crippen molar-refractivity contribution in [3.8, 4) is 0 Å². The Morgan fingerprint density at radius 2 is 1.67 bits per heavy atom. The molecular weight excluding hydrogens is 148 g/mol. The fourth-order valence-corrected chi connectivity index (χ4v) is 2.51. The highest BCUT2D eigenvalue weighted by Gasteiger charge is 2.37. The molecule has 1 unspecified atom stereocenters. The summed E-state index contributed by atoms with van der Waals surface area (Å²) in [7, 11) is 0. The van der Waals surface area contributed by atoms with Gasteiger partial charge in [-0.05, 0) is 30.6 Å². The monoisotopic (exact) mass is 170 g/mol. The maximum absolute atomic E-state index is 5.70. The quantitative estimate of drug-likeness (QED) is 0.619. The highest BCUT2D eigenvalue weighted by Crippen LogP contribution is 2.37. The van der Waals surface area contributed by atoms with Gasteiger partial charge in [0.2, 0.25) is 0 Å². The minimum absolute atomic E-state index is 0.470. The molecule has 0 aliphatic carbocycles. The molecule has 1 aliphatic heterocycles. The SMILES string of the molecule is CC(C)C1CO[C@@H](C)[C@H]1C(C)C. The van der Waals surface area contributed by atoms with Crippen molar-refractivity contribution >= 4 is 0 Å². The van der Waals surface area contributed by atoms with Gasteiger partial charge in [0.15, 0.2) is 0 Å². The van der Waals surface area contributed by atoms with Crippen LogP contribution in [0.1, 0.15) is 34.6 Å². The van der Waals surface area contributed by atoms with Crippen LogP contribution in [0.4, 0.5) is 0 Å². The van der Waals surface area contributed by atoms with Crippen LogP contribution in [0.15, 0.2) is 0 Å². The molecule has 1 aliphatic rings. The largest absolute Gasteiger partial charge is 0.378 e. The summed E-state index contributed by atoms with van der Waals surface area (Å²) in [5, 5.41) is 0. The molecule has 1 heterocycles. The molecule has 0 amide bonds. The maximum Gasteiger partial charge on any atom is 0.0581 e. The zero-order chi connectivity index (χ0) is 9.30. The fourth-order valence-electron chi connectivity index (χ4n) is 2.51. The molecule has 12 heavy (non-hydrogen) atoms. The van der Waals surface area contributed by atoms with E-state index in [1.54, 1.807) is 0 Å². The first-order chi connectivity index (χ1) is 5.54. The minimum atomic E-state index is 0.470. The Labute approximate surface area is 76.5 Å². The summed E-state index contributed by atoms with van der Waals surface area (Å²) in [6.45, 7) is 12.4. The normalized spacial score (nSPS) is 36.8. The van der Waals surface area contributed by atoms with Crippen LogP contribution in [0.3, 0.4) is 0 Å². The summed E-state index contributed by atoms with van der Waals surface area (Å²) in [6, 6.07) is 0. The highest BCUT2D eigenvalue weighted by atomic mass is 16.5. The van der Waals surface area contributed by atoms with E-state index in [1.807, 2.05) is 0 Å². The lowest BCUT2D eigenvalue weighted by atomic mass is 9.77. The van der Waals surface area contributed by atoms with Crippen molar-refractivity contribution in [1.82, 2.24) is 0 Å². The van der Waals surface area contributed by atoms with E-state index >= 15 is 0 Å². The van der Waals surface area contributed by atoms with Crippen molar-refractivity contribution in [1.29, 1.82) is 0 Å². The Morgan fingerprint density at radius 1 is 1.08 bits per heavy atom. The van der Waals surface area contributed by atoms with Gasteiger partial charge in [-0.15, -0.1) is 0 Å². The predicted molar refractivity (Wildman–Crippen MR) is 52.1 cm³/mol. The van der Waals surface area contributed by atoms with Crippen LogP contribution in [0.5, 0.6) is 0 Å². The molecule has 0 saturated carbocycles. The van der Waals surface area contributed by atoms with Crippen molar-refractivity contribution in [2.75, 3.05) is 6.61 Å². The van der Waals surface area contributed by atoms with Gasteiger partial charge < -0.3 is 4.74 Å². The first-order valence-electron chi connectivity index (χ1n) is 5.15. The lowest BCUT2D eigenvalue weighted by Crippen LogP contribution is -2.26. The molecule has 72 valence electrons. The summed E-state index contributed by atoms with van der Waals surface area (Å²) in [5.74, 6) is 3.07. The lowest BCUT2D eigenvalue weighted by molar-refractivity contribution is 0.0946. The second kappa shape index (κ2) is 3.78. The van der Waals surface area contributed by atoms with E-state index in [4.69, 9.17) is 4.74 Å². The third kappa shape index (κ3) is 1.82. The molecule has 1 nitrogen and oxygen atoms in total. The molecule has 1 saturated heterocycles. The van der Waals surface area contributed by atoms with Gasteiger partial charge in [-0.2, -0.15) is 0 Å². The molecule has 1 heteroatoms. The summed E-state index contributed by atoms with van der Waals surface area (Å²) in [5.41, 5.74) is 0. The first kappa shape index (κ1) is 10.0. The fraction of sp³-hybridized carbons (Fsp3) is 1.00. The first-order valence-corrected chi connectivity index (χ1v) is 5.15. The summed E-state index contributed by atoms with van der Waals surface area (Å²) in [6.07, 6.45) is 0.470. The standard InChI is InChI=1S/C11H22O/c1-7(2)10-6-12-9(5)11(10)8(3)4/h7-11H,6H2,1-5H3/t9-,10?,11+/m0/s1. The van der Waals surface area contributed by atoms with E-state index in [0.717, 1.165) is 30.3 Å². The molecule has 1 fully saturated rings. The zero-order valence-electron chi connectivity index (χ0n) is 9.00. The molecule has 0 radical (unpaired) electrons. The van der Waals surface area contributed by atoms with E-state index in [-0.39, 0.29) is 0 Å². The highest BCUT2D eigenvalue weighted by molar-refractivity contribution is 4.84. The van der Waals surface area contributed by atoms with Gasteiger partial charge in [0.05, 0.1) is 12.7 Å². The number of hydrogen-bond acceptors (Lipinski definition) is 1. The van der Waals surface area contributed by atoms with Gasteiger partial charge in [-0.1, -0.05) is 27.7 Å². The maximum atomic E-state index is 5.70. The summed E-state index contributed by atoms with van der Waals surface area (Å²) >= 11 is 0. The molecule has 0 bridgehead atoms. The second-order valence-electron chi connectivity index (χ2n) is 4.77. The van der Waals surface area contributed by atoms with Crippen LogP contribution in [-0.4, -0.2) is 12.7 Å². The van der Waals surface area contributed by atoms with Crippen molar-refractivity contribution < 1.29 is 4.74 Å². The van der Waals surface area contributed by atoms with E-state index in [9.17, 15) is 0 Å². The van der Waals surface area contributed by atoms with Gasteiger partial charge >= 0.3 is 0 Å². The Bertz CT molecular complexity index is 140. The van der Waals surface area contributed by atoms with Crippen LogP contribution < -0.4 is 0 Å². The predicted octanol–water partition coefficient (Wildman–Crippen LogP) is 2.95. The third-order valence-electron chi connectivity index (χ3n) is 3.21. The third-order valence-corrected chi connectivity index (χ3v) is 3.21. The number of hydrogen-bond donors (Lipinski definition) is 0. The van der Waals surface area contributed by atoms with E-state index in [1.165, 1.54) is 0 Å². The molecule has 0 aromatic rings. The van der Waals surface area contributed by atoms with Gasteiger partial charge in [0, 0.05) is 0 Å². The minimum Gasteiger partial charge on any atom is -0.378 e. The van der Waals surface area contributed by atoms with E-state index < -0.39 is 0 Å². The molecule has 0 spiro atoms. The Morgan fingerprint density at radius 3 is 2.00 bits per heavy atom. The van der Waals surface area contributed by atoms with Crippen LogP contribution in [0.25, 0.3) is 0 Å². The topological polar surface area (TPSA) is 9.23 Å². The lowest BCUT2D eigenvalue weighted by Gasteiger charge is -2.26. The van der Waals surface area contributed by atoms with Gasteiger partial charge in [0.1, 0.15) is 0 Å². The van der Waals surface area contributed by atoms with Crippen LogP contribution in [0, 0.1) is 23.7 Å². The molecule has 0 N–H and O–H groups in total. The second-order valence-corrected chi connectivity index (χ2v) is 4.77. The Balaban J connectivity index is 2.64. The summed E-state index contributed by atoms with van der Waals surface area (Å²) in [4.78, 5) is 0. The average molecular weight is 170 g/mol. The molecule has 0 aromatic heterocycles. The Kier molecular flexibility index (Phi) is 3.16. The van der Waals surface area contributed by atoms with Crippen molar-refractivity contribution in [3.63, 3.8) is 0 Å². The van der Waals surface area contributed by atoms with Crippen LogP contribution in [-0.2, 0) is 4.74 Å². The van der Waals surface area contributed by atoms with Gasteiger partial charge in [-0.25, -0.2) is 0 Å². The summed E-state index contributed by atoms with van der Waals surface area (Å²) < 4.78 is 5.70. The molecule has 3 atom stereocenters. The van der Waals surface area contributed by atoms with Gasteiger partial charge in [-0.3, -0.25) is 0 Å². The number of rotatable bonds is 2. The van der Waals surface area contributed by atoms with Crippen molar-refractivity contribution in [3.05, 3.63) is 0 Å². The zero-order valence-corrected chi connectivity index (χ0v) is 9.00. The van der Waals surface area contributed by atoms with Gasteiger partial charge in [0.25, 0.3) is 0 Å². The number of ether oxygens (including phenoxy) is 1. The van der Waals surface area contributed by atoms with Crippen LogP contribution in [0.2, 0.25) is 0 Å². The van der Waals surface area contributed by atoms with Crippen LogP contribution >= 0.6 is 0 Å². The molecular formula is C11H22O.